The molecule has 5 heteroatoms. The van der Waals surface area contributed by atoms with E-state index < -0.39 is 5.97 Å². The number of esters is 1. The second-order valence-corrected chi connectivity index (χ2v) is 3.47. The van der Waals surface area contributed by atoms with E-state index in [1.807, 2.05) is 6.07 Å². The molecule has 4 nitrogen and oxygen atoms in total. The third-order valence-electron chi connectivity index (χ3n) is 2.14. The highest BCUT2D eigenvalue weighted by molar-refractivity contribution is 9.08. The first-order valence-corrected chi connectivity index (χ1v) is 5.56. The summed E-state index contributed by atoms with van der Waals surface area (Å²) in [6, 6.07) is 5.16. The van der Waals surface area contributed by atoms with Gasteiger partial charge in [0.05, 0.1) is 25.3 Å². The summed E-state index contributed by atoms with van der Waals surface area (Å²) in [5.74, 6) is 0.0440. The van der Waals surface area contributed by atoms with Crippen LogP contribution < -0.4 is 4.74 Å². The van der Waals surface area contributed by atoms with Crippen molar-refractivity contribution < 1.29 is 14.3 Å². The Morgan fingerprint density at radius 1 is 1.50 bits per heavy atom. The zero-order valence-corrected chi connectivity index (χ0v) is 10.5. The van der Waals surface area contributed by atoms with Gasteiger partial charge in [0.2, 0.25) is 0 Å². The minimum Gasteiger partial charge on any atom is -0.496 e. The topological polar surface area (TPSA) is 59.3 Å². The minimum atomic E-state index is -0.526. The largest absolute Gasteiger partial charge is 0.496 e. The Morgan fingerprint density at radius 3 is 2.62 bits per heavy atom. The number of hydrogen-bond donors (Lipinski definition) is 0. The van der Waals surface area contributed by atoms with Gasteiger partial charge in [-0.05, 0) is 12.1 Å². The molecule has 0 amide bonds. The highest BCUT2D eigenvalue weighted by Crippen LogP contribution is 2.27. The molecule has 0 bridgehead atoms. The van der Waals surface area contributed by atoms with Gasteiger partial charge in [0.15, 0.2) is 0 Å². The van der Waals surface area contributed by atoms with Crippen molar-refractivity contribution in [3.05, 3.63) is 28.8 Å². The molecule has 16 heavy (non-hydrogen) atoms. The molecule has 0 atom stereocenters. The molecular weight excluding hydrogens is 274 g/mol. The Morgan fingerprint density at radius 2 is 2.19 bits per heavy atom. The molecule has 0 N–H and O–H groups in total. The lowest BCUT2D eigenvalue weighted by molar-refractivity contribution is 0.0600. The Hall–Kier alpha value is -1.54. The van der Waals surface area contributed by atoms with Crippen molar-refractivity contribution in [2.75, 3.05) is 14.2 Å². The Labute approximate surface area is 102 Å². The molecule has 0 heterocycles. The van der Waals surface area contributed by atoms with Crippen molar-refractivity contribution in [2.45, 2.75) is 5.33 Å². The molecule has 0 spiro atoms. The van der Waals surface area contributed by atoms with Crippen molar-refractivity contribution in [3.63, 3.8) is 0 Å². The fourth-order valence-corrected chi connectivity index (χ4v) is 1.92. The van der Waals surface area contributed by atoms with E-state index >= 15 is 0 Å². The third kappa shape index (κ3) is 2.17. The molecule has 1 aromatic rings. The zero-order valence-electron chi connectivity index (χ0n) is 8.91. The van der Waals surface area contributed by atoms with Crippen LogP contribution in [0.25, 0.3) is 0 Å². The van der Waals surface area contributed by atoms with Gasteiger partial charge < -0.3 is 9.47 Å². The lowest BCUT2D eigenvalue weighted by Gasteiger charge is -2.10. The van der Waals surface area contributed by atoms with E-state index in [1.54, 1.807) is 6.07 Å². The maximum atomic E-state index is 11.4. The first-order valence-electron chi connectivity index (χ1n) is 4.43. The second kappa shape index (κ2) is 5.52. The summed E-state index contributed by atoms with van der Waals surface area (Å²) in [6.07, 6.45) is 0. The number of methoxy groups -OCH3 is 2. The van der Waals surface area contributed by atoms with Crippen LogP contribution >= 0.6 is 15.9 Å². The summed E-state index contributed by atoms with van der Waals surface area (Å²) in [7, 11) is 2.79. The van der Waals surface area contributed by atoms with Gasteiger partial charge in [-0.2, -0.15) is 5.26 Å². The molecule has 0 radical (unpaired) electrons. The summed E-state index contributed by atoms with van der Waals surface area (Å²) < 4.78 is 9.72. The number of carbonyl (C=O) groups is 1. The number of benzene rings is 1. The van der Waals surface area contributed by atoms with Gasteiger partial charge in [-0.3, -0.25) is 0 Å². The van der Waals surface area contributed by atoms with Crippen molar-refractivity contribution in [1.29, 1.82) is 5.26 Å². The molecule has 0 fully saturated rings. The van der Waals surface area contributed by atoms with Crippen LogP contribution in [0.5, 0.6) is 5.75 Å². The summed E-state index contributed by atoms with van der Waals surface area (Å²) >= 11 is 3.26. The molecule has 84 valence electrons. The average Bonchev–Trinajstić information content (AvgIpc) is 2.35. The van der Waals surface area contributed by atoms with E-state index in [-0.39, 0.29) is 11.1 Å². The number of rotatable bonds is 3. The van der Waals surface area contributed by atoms with Gasteiger partial charge >= 0.3 is 5.97 Å². The molecule has 0 saturated heterocycles. The van der Waals surface area contributed by atoms with E-state index in [4.69, 9.17) is 10.00 Å². The minimum absolute atomic E-state index is 0.250. The van der Waals surface area contributed by atoms with Crippen LogP contribution in [0.2, 0.25) is 0 Å². The Kier molecular flexibility index (Phi) is 4.32. The number of nitriles is 1. The van der Waals surface area contributed by atoms with Gasteiger partial charge in [-0.25, -0.2) is 4.79 Å². The molecule has 1 aromatic carbocycles. The van der Waals surface area contributed by atoms with Crippen LogP contribution in [0.3, 0.4) is 0 Å². The summed E-state index contributed by atoms with van der Waals surface area (Å²) in [4.78, 5) is 11.4. The Balaban J connectivity index is 3.45. The number of halogens is 1. The van der Waals surface area contributed by atoms with E-state index in [9.17, 15) is 4.79 Å². The maximum Gasteiger partial charge on any atom is 0.339 e. The molecule has 1 rings (SSSR count). The smallest absolute Gasteiger partial charge is 0.339 e. The summed E-state index contributed by atoms with van der Waals surface area (Å²) in [5, 5.41) is 9.50. The molecule has 0 aliphatic rings. The molecule has 0 saturated carbocycles. The van der Waals surface area contributed by atoms with Gasteiger partial charge in [0.1, 0.15) is 11.8 Å². The van der Waals surface area contributed by atoms with Crippen molar-refractivity contribution >= 4 is 21.9 Å². The standard InChI is InChI=1S/C11H10BrNO3/c1-15-10-4-3-7(11(14)16-2)9(6-13)8(10)5-12/h3-4H,5H2,1-2H3. The first kappa shape index (κ1) is 12.5. The fourth-order valence-electron chi connectivity index (χ4n) is 1.36. The SMILES string of the molecule is COC(=O)c1ccc(OC)c(CBr)c1C#N. The van der Waals surface area contributed by atoms with Crippen molar-refractivity contribution in [3.8, 4) is 11.8 Å². The van der Waals surface area contributed by atoms with Crippen LogP contribution in [0.4, 0.5) is 0 Å². The van der Waals surface area contributed by atoms with Crippen LogP contribution in [-0.2, 0) is 10.1 Å². The summed E-state index contributed by atoms with van der Waals surface area (Å²) in [5.41, 5.74) is 1.18. The maximum absolute atomic E-state index is 11.4. The predicted octanol–water partition coefficient (Wildman–Crippen LogP) is 2.25. The van der Waals surface area contributed by atoms with Gasteiger partial charge in [-0.15, -0.1) is 0 Å². The Bertz CT molecular complexity index is 451. The number of alkyl halides is 1. The van der Waals surface area contributed by atoms with E-state index in [0.717, 1.165) is 0 Å². The fraction of sp³-hybridized carbons (Fsp3) is 0.273. The highest BCUT2D eigenvalue weighted by atomic mass is 79.9. The van der Waals surface area contributed by atoms with Crippen LogP contribution in [-0.4, -0.2) is 20.2 Å². The van der Waals surface area contributed by atoms with Gasteiger partial charge in [-0.1, -0.05) is 15.9 Å². The molecule has 0 aliphatic carbocycles. The quantitative estimate of drug-likeness (QED) is 0.631. The van der Waals surface area contributed by atoms with E-state index in [1.165, 1.54) is 20.3 Å². The average molecular weight is 284 g/mol. The molecule has 0 aliphatic heterocycles. The normalized spacial score (nSPS) is 9.38. The second-order valence-electron chi connectivity index (χ2n) is 2.91. The number of hydrogen-bond acceptors (Lipinski definition) is 4. The van der Waals surface area contributed by atoms with E-state index in [2.05, 4.69) is 20.7 Å². The van der Waals surface area contributed by atoms with Crippen LogP contribution in [0.1, 0.15) is 21.5 Å². The lowest BCUT2D eigenvalue weighted by Crippen LogP contribution is -2.07. The number of carbonyl (C=O) groups excluding carboxylic acids is 1. The zero-order chi connectivity index (χ0) is 12.1. The number of ether oxygens (including phenoxy) is 2. The van der Waals surface area contributed by atoms with Gasteiger partial charge in [0.25, 0.3) is 0 Å². The number of nitrogens with zero attached hydrogens (tertiary/aromatic N) is 1. The van der Waals surface area contributed by atoms with Crippen LogP contribution in [0, 0.1) is 11.3 Å². The van der Waals surface area contributed by atoms with Crippen molar-refractivity contribution in [1.82, 2.24) is 0 Å². The van der Waals surface area contributed by atoms with E-state index in [0.29, 0.717) is 16.6 Å². The van der Waals surface area contributed by atoms with Crippen molar-refractivity contribution in [2.24, 2.45) is 0 Å². The molecule has 0 aromatic heterocycles. The van der Waals surface area contributed by atoms with Crippen LogP contribution in [0.15, 0.2) is 12.1 Å². The first-order chi connectivity index (χ1) is 7.69. The lowest BCUT2D eigenvalue weighted by atomic mass is 10.0. The summed E-state index contributed by atoms with van der Waals surface area (Å²) in [6.45, 7) is 0. The third-order valence-corrected chi connectivity index (χ3v) is 2.70. The molecule has 0 unspecified atom stereocenters. The predicted molar refractivity (Wildman–Crippen MR) is 61.7 cm³/mol. The monoisotopic (exact) mass is 283 g/mol. The van der Waals surface area contributed by atoms with Gasteiger partial charge in [0, 0.05) is 10.9 Å². The highest BCUT2D eigenvalue weighted by Gasteiger charge is 2.18. The molecular formula is C11H10BrNO3.